The number of aliphatic hydroxyl groups excluding tert-OH is 1. The number of phosphoric acid groups is 2. The molecule has 0 aliphatic heterocycles. The van der Waals surface area contributed by atoms with E-state index in [1.807, 2.05) is 0 Å². The van der Waals surface area contributed by atoms with Gasteiger partial charge in [0.2, 0.25) is 0 Å². The fourth-order valence-electron chi connectivity index (χ4n) is 9.13. The molecule has 0 aromatic carbocycles. The number of carbonyl (C=O) groups is 4. The molecule has 94 heavy (non-hydrogen) atoms. The Morgan fingerprint density at radius 3 is 0.915 bits per heavy atom. The fraction of sp³-hybridized carbons (Fsp3) is 0.707. The molecule has 5 unspecified atom stereocenters. The summed E-state index contributed by atoms with van der Waals surface area (Å²) in [6.07, 6.45) is 69.6. The smallest absolute Gasteiger partial charge is 0.462 e. The van der Waals surface area contributed by atoms with Crippen LogP contribution in [0.25, 0.3) is 0 Å². The lowest BCUT2D eigenvalue weighted by Gasteiger charge is -2.21. The van der Waals surface area contributed by atoms with Crippen LogP contribution in [0.4, 0.5) is 0 Å². The fourth-order valence-corrected chi connectivity index (χ4v) is 10.7. The van der Waals surface area contributed by atoms with Gasteiger partial charge in [-0.05, 0) is 135 Å². The van der Waals surface area contributed by atoms with Crippen LogP contribution < -0.4 is 0 Å². The second kappa shape index (κ2) is 67.3. The van der Waals surface area contributed by atoms with Crippen molar-refractivity contribution in [3.8, 4) is 0 Å². The number of phosphoric ester groups is 2. The van der Waals surface area contributed by atoms with E-state index < -0.39 is 97.5 Å². The molecule has 0 aliphatic carbocycles. The van der Waals surface area contributed by atoms with Crippen LogP contribution in [-0.4, -0.2) is 96.7 Å². The molecule has 0 aromatic rings. The minimum Gasteiger partial charge on any atom is -0.462 e. The normalized spacial score (nSPS) is 14.7. The largest absolute Gasteiger partial charge is 0.472 e. The van der Waals surface area contributed by atoms with Crippen molar-refractivity contribution in [2.75, 3.05) is 39.6 Å². The molecule has 17 nitrogen and oxygen atoms in total. The molecule has 3 N–H and O–H groups in total. The molecule has 0 bridgehead atoms. The first-order valence-electron chi connectivity index (χ1n) is 36.1. The van der Waals surface area contributed by atoms with E-state index in [1.54, 1.807) is 0 Å². The lowest BCUT2D eigenvalue weighted by atomic mass is 10.1. The van der Waals surface area contributed by atoms with Gasteiger partial charge in [0.15, 0.2) is 12.2 Å². The summed E-state index contributed by atoms with van der Waals surface area (Å²) in [5, 5.41) is 10.6. The number of unbranched alkanes of at least 4 members (excludes halogenated alkanes) is 23. The highest BCUT2D eigenvalue weighted by molar-refractivity contribution is 7.47. The zero-order valence-corrected chi connectivity index (χ0v) is 60.4. The zero-order chi connectivity index (χ0) is 69.0. The summed E-state index contributed by atoms with van der Waals surface area (Å²) in [5.41, 5.74) is 0. The van der Waals surface area contributed by atoms with Gasteiger partial charge in [0, 0.05) is 25.7 Å². The first-order valence-corrected chi connectivity index (χ1v) is 39.1. The quantitative estimate of drug-likeness (QED) is 0.0169. The van der Waals surface area contributed by atoms with Gasteiger partial charge >= 0.3 is 39.5 Å². The summed E-state index contributed by atoms with van der Waals surface area (Å²) in [5.74, 6) is -2.25. The lowest BCUT2D eigenvalue weighted by Crippen LogP contribution is -2.30. The van der Waals surface area contributed by atoms with Crippen molar-refractivity contribution in [1.29, 1.82) is 0 Å². The van der Waals surface area contributed by atoms with Crippen LogP contribution in [0, 0.1) is 0 Å². The van der Waals surface area contributed by atoms with Gasteiger partial charge in [-0.1, -0.05) is 233 Å². The van der Waals surface area contributed by atoms with E-state index >= 15 is 0 Å². The highest BCUT2D eigenvalue weighted by atomic mass is 31.2. The van der Waals surface area contributed by atoms with Crippen LogP contribution in [0.5, 0.6) is 0 Å². The molecular weight excluding hydrogens is 1230 g/mol. The Kier molecular flexibility index (Phi) is 64.2. The van der Waals surface area contributed by atoms with Gasteiger partial charge in [0.05, 0.1) is 26.4 Å². The van der Waals surface area contributed by atoms with Crippen molar-refractivity contribution >= 4 is 39.5 Å². The molecule has 19 heteroatoms. The molecule has 0 radical (unpaired) electrons. The standard InChI is InChI=1S/C75H128O17P2/c1-5-9-13-17-21-25-29-31-32-33-34-35-36-38-41-44-48-52-56-60-73(78)86-66-71(92-75(80)62-58-54-50-46-42-37-30-26-22-18-14-10-6-2)68-90-94(83,84)88-64-69(76)63-87-93(81,82)89-67-70(91-74(79)61-57-53-49-45-40-28-24-20-16-12-8-4)65-85-72(77)59-55-51-47-43-39-27-23-19-15-11-7-3/h9,13-14,18-21,23-26,30-32,34-35,38,41,69-71,76H,5-8,10-12,15-17,22,27-29,33,36-37,39-40,42-68H2,1-4H3,(H,81,82)(H,83,84)/b13-9-,18-14-,23-19-,24-20-,25-21-,30-26-,32-31-,35-34-,41-38-. The minimum atomic E-state index is -4.98. The Bertz CT molecular complexity index is 2220. The summed E-state index contributed by atoms with van der Waals surface area (Å²) >= 11 is 0. The maximum Gasteiger partial charge on any atom is 0.472 e. The molecule has 0 aromatic heterocycles. The second-order valence-corrected chi connectivity index (χ2v) is 26.7. The van der Waals surface area contributed by atoms with E-state index in [0.717, 1.165) is 180 Å². The molecule has 0 amide bonds. The van der Waals surface area contributed by atoms with Crippen molar-refractivity contribution in [3.63, 3.8) is 0 Å². The van der Waals surface area contributed by atoms with E-state index in [0.29, 0.717) is 25.7 Å². The first kappa shape index (κ1) is 89.7. The van der Waals surface area contributed by atoms with Crippen molar-refractivity contribution in [1.82, 2.24) is 0 Å². The predicted molar refractivity (Wildman–Crippen MR) is 381 cm³/mol. The molecular formula is C75H128O17P2. The van der Waals surface area contributed by atoms with E-state index in [1.165, 1.54) is 25.7 Å². The first-order chi connectivity index (χ1) is 45.7. The molecule has 0 rings (SSSR count). The Balaban J connectivity index is 5.35. The molecule has 0 aliphatic rings. The van der Waals surface area contributed by atoms with Gasteiger partial charge in [-0.25, -0.2) is 9.13 Å². The van der Waals surface area contributed by atoms with Crippen molar-refractivity contribution in [3.05, 3.63) is 109 Å². The molecule has 0 saturated heterocycles. The van der Waals surface area contributed by atoms with E-state index in [-0.39, 0.29) is 25.7 Å². The van der Waals surface area contributed by atoms with Gasteiger partial charge in [-0.3, -0.25) is 37.3 Å². The zero-order valence-electron chi connectivity index (χ0n) is 58.6. The number of rotatable bonds is 67. The summed E-state index contributed by atoms with van der Waals surface area (Å²) in [7, 11) is -9.95. The third-order valence-corrected chi connectivity index (χ3v) is 16.6. The minimum absolute atomic E-state index is 0.0692. The van der Waals surface area contributed by atoms with Crippen LogP contribution in [0.1, 0.15) is 285 Å². The lowest BCUT2D eigenvalue weighted by molar-refractivity contribution is -0.161. The number of aliphatic hydroxyl groups is 1. The number of hydrogen-bond donors (Lipinski definition) is 3. The number of carbonyl (C=O) groups excluding carboxylic acids is 4. The highest BCUT2D eigenvalue weighted by Crippen LogP contribution is 2.45. The summed E-state index contributed by atoms with van der Waals surface area (Å²) in [6, 6.07) is 0. The summed E-state index contributed by atoms with van der Waals surface area (Å²) in [6.45, 7) is 4.52. The molecule has 540 valence electrons. The van der Waals surface area contributed by atoms with Gasteiger partial charge in [-0.15, -0.1) is 0 Å². The SMILES string of the molecule is CC/C=C\C/C=C\C/C=C\C/C=C\C/C=C\CCCCCC(=O)OCC(COP(=O)(O)OCC(O)COP(=O)(O)OCC(COC(=O)CCCCCCC/C=C\CCCC)OC(=O)CCCCCCC/C=C\CCCC)OC(=O)CCCCCCC/C=C\C/C=C\CCC. The van der Waals surface area contributed by atoms with Gasteiger partial charge in [0.1, 0.15) is 19.3 Å². The molecule has 0 spiro atoms. The average molecular weight is 1360 g/mol. The third-order valence-electron chi connectivity index (χ3n) is 14.7. The van der Waals surface area contributed by atoms with Gasteiger partial charge in [-0.2, -0.15) is 0 Å². The summed E-state index contributed by atoms with van der Waals surface area (Å²) < 4.78 is 68.2. The van der Waals surface area contributed by atoms with E-state index in [4.69, 9.17) is 37.0 Å². The predicted octanol–water partition coefficient (Wildman–Crippen LogP) is 20.2. The van der Waals surface area contributed by atoms with Crippen molar-refractivity contribution in [2.45, 2.75) is 303 Å². The Hall–Kier alpha value is -4.28. The van der Waals surface area contributed by atoms with Crippen molar-refractivity contribution in [2.24, 2.45) is 0 Å². The number of allylic oxidation sites excluding steroid dienone is 18. The van der Waals surface area contributed by atoms with Crippen LogP contribution in [0.15, 0.2) is 109 Å². The van der Waals surface area contributed by atoms with Crippen LogP contribution in [0.3, 0.4) is 0 Å². The maximum atomic E-state index is 13.0. The Morgan fingerprint density at radius 1 is 0.309 bits per heavy atom. The maximum absolute atomic E-state index is 13.0. The molecule has 5 atom stereocenters. The molecule has 0 saturated carbocycles. The van der Waals surface area contributed by atoms with E-state index in [2.05, 4.69) is 137 Å². The molecule has 0 heterocycles. The Labute approximate surface area is 569 Å². The van der Waals surface area contributed by atoms with Gasteiger partial charge < -0.3 is 33.8 Å². The van der Waals surface area contributed by atoms with Crippen molar-refractivity contribution < 1.29 is 80.2 Å². The van der Waals surface area contributed by atoms with Crippen LogP contribution in [0.2, 0.25) is 0 Å². The van der Waals surface area contributed by atoms with Crippen LogP contribution >= 0.6 is 15.6 Å². The van der Waals surface area contributed by atoms with Crippen LogP contribution in [-0.2, 0) is 65.4 Å². The topological polar surface area (TPSA) is 237 Å². The average Bonchev–Trinajstić information content (AvgIpc) is 1.73. The Morgan fingerprint density at radius 2 is 0.574 bits per heavy atom. The third kappa shape index (κ3) is 66.3. The monoisotopic (exact) mass is 1360 g/mol. The number of hydrogen-bond acceptors (Lipinski definition) is 15. The van der Waals surface area contributed by atoms with E-state index in [9.17, 15) is 43.2 Å². The summed E-state index contributed by atoms with van der Waals surface area (Å²) in [4.78, 5) is 72.6. The highest BCUT2D eigenvalue weighted by Gasteiger charge is 2.30. The van der Waals surface area contributed by atoms with Gasteiger partial charge in [0.25, 0.3) is 0 Å². The number of ether oxygens (including phenoxy) is 4. The molecule has 0 fully saturated rings. The second-order valence-electron chi connectivity index (χ2n) is 23.8. The number of esters is 4.